The van der Waals surface area contributed by atoms with Gasteiger partial charge in [0.2, 0.25) is 0 Å². The van der Waals surface area contributed by atoms with E-state index in [-0.39, 0.29) is 5.82 Å². The molecule has 0 amide bonds. The maximum absolute atomic E-state index is 12.8. The van der Waals surface area contributed by atoms with Gasteiger partial charge in [-0.2, -0.15) is 0 Å². The third kappa shape index (κ3) is 4.79. The minimum Gasteiger partial charge on any atom is -0.493 e. The van der Waals surface area contributed by atoms with E-state index in [4.69, 9.17) is 4.74 Å². The Labute approximate surface area is 90.4 Å². The van der Waals surface area contributed by atoms with Crippen LogP contribution in [0.5, 0.6) is 5.75 Å². The summed E-state index contributed by atoms with van der Waals surface area (Å²) in [5, 5.41) is 3.16. The average molecular weight is 211 g/mol. The molecule has 2 nitrogen and oxygen atoms in total. The van der Waals surface area contributed by atoms with Crippen LogP contribution in [0.15, 0.2) is 24.3 Å². The Hall–Kier alpha value is -1.09. The largest absolute Gasteiger partial charge is 0.493 e. The maximum atomic E-state index is 12.8. The van der Waals surface area contributed by atoms with Crippen molar-refractivity contribution < 1.29 is 9.13 Å². The molecule has 1 aromatic rings. The molecule has 0 aliphatic heterocycles. The van der Waals surface area contributed by atoms with Crippen molar-refractivity contribution in [1.29, 1.82) is 0 Å². The van der Waals surface area contributed by atoms with Crippen LogP contribution < -0.4 is 10.1 Å². The van der Waals surface area contributed by atoms with Gasteiger partial charge in [0.1, 0.15) is 11.6 Å². The molecule has 0 heterocycles. The van der Waals surface area contributed by atoms with E-state index in [0.717, 1.165) is 12.8 Å². The van der Waals surface area contributed by atoms with Crippen molar-refractivity contribution in [2.75, 3.05) is 13.7 Å². The zero-order valence-electron chi connectivity index (χ0n) is 9.29. The first-order valence-electron chi connectivity index (χ1n) is 5.28. The number of halogens is 1. The van der Waals surface area contributed by atoms with Crippen molar-refractivity contribution in [3.63, 3.8) is 0 Å². The predicted molar refractivity (Wildman–Crippen MR) is 59.7 cm³/mol. The highest BCUT2D eigenvalue weighted by molar-refractivity contribution is 5.22. The maximum Gasteiger partial charge on any atom is 0.126 e. The molecule has 0 saturated carbocycles. The van der Waals surface area contributed by atoms with Gasteiger partial charge in [0.15, 0.2) is 0 Å². The molecular formula is C12H18FNO. The first-order chi connectivity index (χ1) is 7.22. The molecule has 84 valence electrons. The lowest BCUT2D eigenvalue weighted by Gasteiger charge is -2.10. The van der Waals surface area contributed by atoms with Gasteiger partial charge in [0.05, 0.1) is 6.61 Å². The van der Waals surface area contributed by atoms with E-state index in [0.29, 0.717) is 18.4 Å². The summed E-state index contributed by atoms with van der Waals surface area (Å²) in [6.07, 6.45) is 2.03. The van der Waals surface area contributed by atoms with Gasteiger partial charge in [-0.3, -0.25) is 0 Å². The Balaban J connectivity index is 2.20. The predicted octanol–water partition coefficient (Wildman–Crippen LogP) is 2.59. The summed E-state index contributed by atoms with van der Waals surface area (Å²) in [4.78, 5) is 0. The Bertz CT molecular complexity index is 291. The van der Waals surface area contributed by atoms with E-state index in [1.165, 1.54) is 12.1 Å². The van der Waals surface area contributed by atoms with Crippen LogP contribution in [-0.4, -0.2) is 19.7 Å². The number of ether oxygens (including phenoxy) is 1. The lowest BCUT2D eigenvalue weighted by atomic mass is 10.2. The van der Waals surface area contributed by atoms with Crippen molar-refractivity contribution in [3.05, 3.63) is 30.1 Å². The van der Waals surface area contributed by atoms with E-state index < -0.39 is 0 Å². The van der Waals surface area contributed by atoms with Crippen LogP contribution in [0.1, 0.15) is 19.8 Å². The second-order valence-corrected chi connectivity index (χ2v) is 3.64. The van der Waals surface area contributed by atoms with Crippen LogP contribution in [-0.2, 0) is 0 Å². The minimum absolute atomic E-state index is 0.254. The van der Waals surface area contributed by atoms with Gasteiger partial charge >= 0.3 is 0 Å². The van der Waals surface area contributed by atoms with Crippen molar-refractivity contribution in [2.45, 2.75) is 25.8 Å². The zero-order chi connectivity index (χ0) is 11.1. The number of rotatable bonds is 6. The zero-order valence-corrected chi connectivity index (χ0v) is 9.29. The molecule has 0 bridgehead atoms. The molecule has 1 unspecified atom stereocenters. The quantitative estimate of drug-likeness (QED) is 0.730. The van der Waals surface area contributed by atoms with Crippen molar-refractivity contribution >= 4 is 0 Å². The summed E-state index contributed by atoms with van der Waals surface area (Å²) in [6, 6.07) is 6.74. The average Bonchev–Trinajstić information content (AvgIpc) is 2.24. The molecule has 1 rings (SSSR count). The number of nitrogens with one attached hydrogen (secondary N) is 1. The highest BCUT2D eigenvalue weighted by Crippen LogP contribution is 2.12. The fourth-order valence-corrected chi connectivity index (χ4v) is 1.28. The summed E-state index contributed by atoms with van der Waals surface area (Å²) < 4.78 is 18.2. The fraction of sp³-hybridized carbons (Fsp3) is 0.500. The summed E-state index contributed by atoms with van der Waals surface area (Å²) in [5.41, 5.74) is 0. The lowest BCUT2D eigenvalue weighted by Crippen LogP contribution is -2.21. The topological polar surface area (TPSA) is 21.3 Å². The van der Waals surface area contributed by atoms with E-state index in [9.17, 15) is 4.39 Å². The lowest BCUT2D eigenvalue weighted by molar-refractivity contribution is 0.298. The van der Waals surface area contributed by atoms with Crippen molar-refractivity contribution in [2.24, 2.45) is 0 Å². The SMILES string of the molecule is CNC(C)CCCOc1cccc(F)c1. The van der Waals surface area contributed by atoms with E-state index in [1.807, 2.05) is 7.05 Å². The molecule has 0 aliphatic carbocycles. The van der Waals surface area contributed by atoms with Gasteiger partial charge in [-0.05, 0) is 38.9 Å². The monoisotopic (exact) mass is 211 g/mol. The fourth-order valence-electron chi connectivity index (χ4n) is 1.28. The summed E-state index contributed by atoms with van der Waals surface area (Å²) in [6.45, 7) is 2.76. The molecule has 0 aliphatic rings. The third-order valence-electron chi connectivity index (χ3n) is 2.34. The van der Waals surface area contributed by atoms with E-state index in [2.05, 4.69) is 12.2 Å². The number of benzene rings is 1. The molecule has 0 spiro atoms. The van der Waals surface area contributed by atoms with Crippen LogP contribution in [0.2, 0.25) is 0 Å². The van der Waals surface area contributed by atoms with Gasteiger partial charge in [0.25, 0.3) is 0 Å². The molecule has 1 aromatic carbocycles. The first-order valence-corrected chi connectivity index (χ1v) is 5.28. The molecule has 1 N–H and O–H groups in total. The molecule has 15 heavy (non-hydrogen) atoms. The Morgan fingerprint density at radius 3 is 2.93 bits per heavy atom. The van der Waals surface area contributed by atoms with Gasteiger partial charge in [-0.25, -0.2) is 4.39 Å². The van der Waals surface area contributed by atoms with Crippen LogP contribution in [0.25, 0.3) is 0 Å². The standard InChI is InChI=1S/C12H18FNO/c1-10(14-2)5-4-8-15-12-7-3-6-11(13)9-12/h3,6-7,9-10,14H,4-5,8H2,1-2H3. The molecular weight excluding hydrogens is 193 g/mol. The highest BCUT2D eigenvalue weighted by Gasteiger charge is 1.99. The molecule has 0 saturated heterocycles. The van der Waals surface area contributed by atoms with Gasteiger partial charge < -0.3 is 10.1 Å². The molecule has 1 atom stereocenters. The van der Waals surface area contributed by atoms with Crippen LogP contribution in [0, 0.1) is 5.82 Å². The summed E-state index contributed by atoms with van der Waals surface area (Å²) >= 11 is 0. The van der Waals surface area contributed by atoms with Gasteiger partial charge in [0, 0.05) is 12.1 Å². The Kier molecular flexibility index (Phi) is 5.12. The van der Waals surface area contributed by atoms with Crippen LogP contribution >= 0.6 is 0 Å². The molecule has 0 radical (unpaired) electrons. The van der Waals surface area contributed by atoms with Crippen LogP contribution in [0.3, 0.4) is 0 Å². The van der Waals surface area contributed by atoms with Gasteiger partial charge in [-0.15, -0.1) is 0 Å². The Morgan fingerprint density at radius 2 is 2.27 bits per heavy atom. The molecule has 3 heteroatoms. The molecule has 0 fully saturated rings. The first kappa shape index (κ1) is 12.0. The van der Waals surface area contributed by atoms with Gasteiger partial charge in [-0.1, -0.05) is 6.07 Å². The number of hydrogen-bond acceptors (Lipinski definition) is 2. The Morgan fingerprint density at radius 1 is 1.47 bits per heavy atom. The van der Waals surface area contributed by atoms with Crippen molar-refractivity contribution in [3.8, 4) is 5.75 Å². The second kappa shape index (κ2) is 6.40. The summed E-state index contributed by atoms with van der Waals surface area (Å²) in [5.74, 6) is 0.350. The minimum atomic E-state index is -0.254. The van der Waals surface area contributed by atoms with Crippen LogP contribution in [0.4, 0.5) is 4.39 Å². The highest BCUT2D eigenvalue weighted by atomic mass is 19.1. The number of hydrogen-bond donors (Lipinski definition) is 1. The summed E-state index contributed by atoms with van der Waals surface area (Å²) in [7, 11) is 1.94. The van der Waals surface area contributed by atoms with E-state index >= 15 is 0 Å². The smallest absolute Gasteiger partial charge is 0.126 e. The normalized spacial score (nSPS) is 12.5. The molecule has 0 aromatic heterocycles. The second-order valence-electron chi connectivity index (χ2n) is 3.64. The van der Waals surface area contributed by atoms with E-state index in [1.54, 1.807) is 12.1 Å². The van der Waals surface area contributed by atoms with Crippen molar-refractivity contribution in [1.82, 2.24) is 5.32 Å². The third-order valence-corrected chi connectivity index (χ3v) is 2.34.